The molecule has 7 heteroatoms. The molecule has 178 valence electrons. The molecule has 1 amide bonds. The molecular formula is C28H25NO6. The summed E-state index contributed by atoms with van der Waals surface area (Å²) in [6.45, 7) is 2.02. The molecule has 0 radical (unpaired) electrons. The zero-order chi connectivity index (χ0) is 25.1. The Balaban J connectivity index is 1.91. The summed E-state index contributed by atoms with van der Waals surface area (Å²) in [5.41, 5.74) is 2.70. The first-order valence-electron chi connectivity index (χ1n) is 11.1. The Morgan fingerprint density at radius 2 is 1.54 bits per heavy atom. The Bertz CT molecular complexity index is 1310. The third-order valence-corrected chi connectivity index (χ3v) is 6.08. The summed E-state index contributed by atoms with van der Waals surface area (Å²) in [7, 11) is 2.78. The van der Waals surface area contributed by atoms with E-state index in [0.717, 1.165) is 12.0 Å². The number of hydrogen-bond acceptors (Lipinski definition) is 6. The van der Waals surface area contributed by atoms with Crippen LogP contribution in [0.4, 0.5) is 5.69 Å². The molecule has 0 saturated carbocycles. The number of Topliss-reactive ketones (excluding diaryl/α,β-unsaturated/α-hetero) is 1. The van der Waals surface area contributed by atoms with Gasteiger partial charge in [0, 0.05) is 16.8 Å². The van der Waals surface area contributed by atoms with E-state index < -0.39 is 23.7 Å². The van der Waals surface area contributed by atoms with E-state index in [2.05, 4.69) is 0 Å². The number of esters is 1. The van der Waals surface area contributed by atoms with E-state index >= 15 is 0 Å². The summed E-state index contributed by atoms with van der Waals surface area (Å²) in [5.74, 6) is -1.93. The highest BCUT2D eigenvalue weighted by Gasteiger charge is 2.47. The number of anilines is 1. The smallest absolute Gasteiger partial charge is 0.337 e. The maximum absolute atomic E-state index is 13.3. The Morgan fingerprint density at radius 3 is 2.14 bits per heavy atom. The van der Waals surface area contributed by atoms with Gasteiger partial charge in [0.25, 0.3) is 11.7 Å². The number of methoxy groups -OCH3 is 2. The van der Waals surface area contributed by atoms with Crippen molar-refractivity contribution in [3.05, 3.63) is 101 Å². The van der Waals surface area contributed by atoms with E-state index in [4.69, 9.17) is 9.47 Å². The van der Waals surface area contributed by atoms with Crippen LogP contribution in [0.15, 0.2) is 78.4 Å². The second-order valence-electron chi connectivity index (χ2n) is 8.00. The fourth-order valence-electron chi connectivity index (χ4n) is 4.22. The maximum atomic E-state index is 13.3. The fourth-order valence-corrected chi connectivity index (χ4v) is 4.22. The first kappa shape index (κ1) is 23.8. The summed E-state index contributed by atoms with van der Waals surface area (Å²) in [6, 6.07) is 19.4. The molecule has 1 saturated heterocycles. The van der Waals surface area contributed by atoms with E-state index in [-0.39, 0.29) is 11.3 Å². The van der Waals surface area contributed by atoms with E-state index in [1.807, 2.05) is 19.1 Å². The maximum Gasteiger partial charge on any atom is 0.337 e. The molecule has 0 aromatic heterocycles. The number of ketones is 1. The number of aryl methyl sites for hydroxylation is 1. The van der Waals surface area contributed by atoms with Gasteiger partial charge in [-0.2, -0.15) is 0 Å². The number of aliphatic hydroxyl groups excluding tert-OH is 1. The number of rotatable bonds is 6. The molecule has 0 aliphatic carbocycles. The normalized spacial score (nSPS) is 16.9. The minimum Gasteiger partial charge on any atom is -0.507 e. The second kappa shape index (κ2) is 9.85. The fraction of sp³-hybridized carbons (Fsp3) is 0.179. The van der Waals surface area contributed by atoms with Crippen LogP contribution >= 0.6 is 0 Å². The highest BCUT2D eigenvalue weighted by molar-refractivity contribution is 6.51. The molecule has 3 aromatic rings. The summed E-state index contributed by atoms with van der Waals surface area (Å²) in [5, 5.41) is 11.3. The van der Waals surface area contributed by atoms with Gasteiger partial charge in [-0.25, -0.2) is 4.79 Å². The van der Waals surface area contributed by atoms with Gasteiger partial charge in [0.1, 0.15) is 11.5 Å². The van der Waals surface area contributed by atoms with Crippen molar-refractivity contribution in [2.24, 2.45) is 0 Å². The van der Waals surface area contributed by atoms with Crippen molar-refractivity contribution in [3.8, 4) is 5.75 Å². The average molecular weight is 472 g/mol. The lowest BCUT2D eigenvalue weighted by molar-refractivity contribution is -0.132. The van der Waals surface area contributed by atoms with Crippen LogP contribution < -0.4 is 9.64 Å². The molecule has 1 aliphatic heterocycles. The topological polar surface area (TPSA) is 93.1 Å². The minimum absolute atomic E-state index is 0.0409. The highest BCUT2D eigenvalue weighted by atomic mass is 16.5. The number of benzene rings is 3. The van der Waals surface area contributed by atoms with E-state index in [1.165, 1.54) is 31.3 Å². The number of carbonyl (C=O) groups is 3. The Kier molecular flexibility index (Phi) is 6.68. The number of ether oxygens (including phenoxy) is 2. The van der Waals surface area contributed by atoms with E-state index in [9.17, 15) is 19.5 Å². The molecule has 1 heterocycles. The zero-order valence-electron chi connectivity index (χ0n) is 19.6. The summed E-state index contributed by atoms with van der Waals surface area (Å²) in [6.07, 6.45) is 0.828. The quantitative estimate of drug-likeness (QED) is 0.243. The molecular weight excluding hydrogens is 446 g/mol. The number of para-hydroxylation sites is 1. The van der Waals surface area contributed by atoms with Crippen molar-refractivity contribution in [1.82, 2.24) is 0 Å². The number of amides is 1. The van der Waals surface area contributed by atoms with Crippen molar-refractivity contribution >= 4 is 29.1 Å². The zero-order valence-corrected chi connectivity index (χ0v) is 19.6. The highest BCUT2D eigenvalue weighted by Crippen LogP contribution is 2.44. The van der Waals surface area contributed by atoms with Crippen LogP contribution in [0.5, 0.6) is 5.75 Å². The summed E-state index contributed by atoms with van der Waals surface area (Å²) >= 11 is 0. The molecule has 1 unspecified atom stereocenters. The van der Waals surface area contributed by atoms with Gasteiger partial charge < -0.3 is 14.6 Å². The van der Waals surface area contributed by atoms with Crippen LogP contribution in [-0.4, -0.2) is 37.0 Å². The monoisotopic (exact) mass is 471 g/mol. The molecule has 0 spiro atoms. The van der Waals surface area contributed by atoms with Gasteiger partial charge in [-0.05, 0) is 42.3 Å². The van der Waals surface area contributed by atoms with Gasteiger partial charge in [0.15, 0.2) is 0 Å². The summed E-state index contributed by atoms with van der Waals surface area (Å²) in [4.78, 5) is 39.8. The van der Waals surface area contributed by atoms with Crippen molar-refractivity contribution in [1.29, 1.82) is 0 Å². The largest absolute Gasteiger partial charge is 0.507 e. The molecule has 4 rings (SSSR count). The van der Waals surface area contributed by atoms with E-state index in [1.54, 1.807) is 48.5 Å². The molecule has 1 fully saturated rings. The Labute approximate surface area is 203 Å². The molecule has 35 heavy (non-hydrogen) atoms. The van der Waals surface area contributed by atoms with Crippen LogP contribution in [0, 0.1) is 0 Å². The van der Waals surface area contributed by atoms with Gasteiger partial charge in [0.2, 0.25) is 0 Å². The van der Waals surface area contributed by atoms with Crippen LogP contribution in [0.1, 0.15) is 40.0 Å². The number of hydrogen-bond donors (Lipinski definition) is 1. The predicted octanol–water partition coefficient (Wildman–Crippen LogP) is 4.67. The first-order valence-corrected chi connectivity index (χ1v) is 11.1. The van der Waals surface area contributed by atoms with Gasteiger partial charge >= 0.3 is 5.97 Å². The van der Waals surface area contributed by atoms with Crippen molar-refractivity contribution in [2.45, 2.75) is 19.4 Å². The lowest BCUT2D eigenvalue weighted by Crippen LogP contribution is -2.29. The molecule has 0 bridgehead atoms. The first-order chi connectivity index (χ1) is 16.9. The van der Waals surface area contributed by atoms with Gasteiger partial charge in [-0.15, -0.1) is 0 Å². The Morgan fingerprint density at radius 1 is 0.914 bits per heavy atom. The third kappa shape index (κ3) is 4.28. The molecule has 3 aromatic carbocycles. The van der Waals surface area contributed by atoms with Crippen LogP contribution in [0.25, 0.3) is 5.76 Å². The van der Waals surface area contributed by atoms with Crippen molar-refractivity contribution in [2.75, 3.05) is 19.1 Å². The second-order valence-corrected chi connectivity index (χ2v) is 8.00. The van der Waals surface area contributed by atoms with Crippen LogP contribution in [0.3, 0.4) is 0 Å². The van der Waals surface area contributed by atoms with Crippen molar-refractivity contribution in [3.63, 3.8) is 0 Å². The minimum atomic E-state index is -0.944. The molecule has 1 aliphatic rings. The third-order valence-electron chi connectivity index (χ3n) is 6.08. The number of aliphatic hydroxyl groups is 1. The number of carbonyl (C=O) groups excluding carboxylic acids is 3. The lowest BCUT2D eigenvalue weighted by Gasteiger charge is -2.26. The predicted molar refractivity (Wildman–Crippen MR) is 131 cm³/mol. The van der Waals surface area contributed by atoms with Gasteiger partial charge in [-0.1, -0.05) is 49.4 Å². The molecule has 7 nitrogen and oxygen atoms in total. The Hall–Kier alpha value is -4.39. The SMILES string of the molecule is CCc1ccc(/C(O)=C2\C(=O)C(=O)N(c3ccc(C(=O)OC)cc3)C2c2ccccc2OC)cc1. The van der Waals surface area contributed by atoms with Gasteiger partial charge in [-0.3, -0.25) is 14.5 Å². The standard InChI is InChI=1S/C28H25NO6/c1-4-17-9-11-18(12-10-17)25(30)23-24(21-7-5-6-8-22(21)34-2)29(27(32)26(23)31)20-15-13-19(14-16-20)28(33)35-3/h5-16,24,30H,4H2,1-3H3/b25-23+. The van der Waals surface area contributed by atoms with E-state index in [0.29, 0.717) is 28.1 Å². The average Bonchev–Trinajstić information content (AvgIpc) is 3.17. The van der Waals surface area contributed by atoms with Crippen molar-refractivity contribution < 1.29 is 29.0 Å². The lowest BCUT2D eigenvalue weighted by atomic mass is 9.94. The summed E-state index contributed by atoms with van der Waals surface area (Å²) < 4.78 is 10.3. The molecule has 1 N–H and O–H groups in total. The molecule has 1 atom stereocenters. The number of nitrogens with zero attached hydrogens (tertiary/aromatic N) is 1. The van der Waals surface area contributed by atoms with Gasteiger partial charge in [0.05, 0.1) is 31.4 Å². The van der Waals surface area contributed by atoms with Crippen LogP contribution in [0.2, 0.25) is 0 Å². The van der Waals surface area contributed by atoms with Crippen LogP contribution in [-0.2, 0) is 20.7 Å².